The predicted octanol–water partition coefficient (Wildman–Crippen LogP) is 1.26. The van der Waals surface area contributed by atoms with Gasteiger partial charge in [0.05, 0.1) is 6.54 Å². The average molecular weight is 224 g/mol. The summed E-state index contributed by atoms with van der Waals surface area (Å²) < 4.78 is 27.2. The van der Waals surface area contributed by atoms with Crippen LogP contribution in [0.4, 0.5) is 8.78 Å². The van der Waals surface area contributed by atoms with Crippen LogP contribution in [0.2, 0.25) is 0 Å². The Morgan fingerprint density at radius 3 is 2.75 bits per heavy atom. The van der Waals surface area contributed by atoms with Crippen LogP contribution in [0.15, 0.2) is 30.9 Å². The first-order valence-corrected chi connectivity index (χ1v) is 4.70. The summed E-state index contributed by atoms with van der Waals surface area (Å²) in [5, 5.41) is 3.88. The van der Waals surface area contributed by atoms with E-state index in [1.165, 1.54) is 23.4 Å². The van der Waals surface area contributed by atoms with Crippen LogP contribution in [0.1, 0.15) is 11.6 Å². The lowest BCUT2D eigenvalue weighted by Gasteiger charge is -2.11. The van der Waals surface area contributed by atoms with Gasteiger partial charge in [0.1, 0.15) is 12.7 Å². The zero-order valence-corrected chi connectivity index (χ0v) is 8.35. The molecule has 0 saturated carbocycles. The quantitative estimate of drug-likeness (QED) is 0.853. The maximum Gasteiger partial charge on any atom is 0.159 e. The van der Waals surface area contributed by atoms with Gasteiger partial charge in [-0.2, -0.15) is 5.10 Å². The Bertz CT molecular complexity index is 470. The molecule has 0 aliphatic rings. The van der Waals surface area contributed by atoms with Gasteiger partial charge in [0.15, 0.2) is 11.6 Å². The number of nitrogens with two attached hydrogens (primary N) is 1. The van der Waals surface area contributed by atoms with Gasteiger partial charge in [-0.3, -0.25) is 4.68 Å². The Balaban J connectivity index is 2.14. The molecule has 0 amide bonds. The largest absolute Gasteiger partial charge is 0.322 e. The molecule has 1 heterocycles. The first-order chi connectivity index (χ1) is 7.66. The molecule has 0 spiro atoms. The maximum absolute atomic E-state index is 13.0. The van der Waals surface area contributed by atoms with Crippen LogP contribution in [0.5, 0.6) is 0 Å². The van der Waals surface area contributed by atoms with E-state index in [1.807, 2.05) is 0 Å². The Hall–Kier alpha value is -1.82. The summed E-state index contributed by atoms with van der Waals surface area (Å²) in [5.74, 6) is -1.77. The van der Waals surface area contributed by atoms with Crippen LogP contribution in [-0.4, -0.2) is 14.8 Å². The van der Waals surface area contributed by atoms with Crippen molar-refractivity contribution >= 4 is 0 Å². The van der Waals surface area contributed by atoms with Crippen molar-refractivity contribution in [3.8, 4) is 0 Å². The monoisotopic (exact) mass is 224 g/mol. The van der Waals surface area contributed by atoms with Gasteiger partial charge in [-0.15, -0.1) is 0 Å². The first-order valence-electron chi connectivity index (χ1n) is 4.70. The van der Waals surface area contributed by atoms with Gasteiger partial charge in [0.2, 0.25) is 0 Å². The van der Waals surface area contributed by atoms with E-state index in [0.29, 0.717) is 12.1 Å². The van der Waals surface area contributed by atoms with Crippen LogP contribution in [0.3, 0.4) is 0 Å². The normalized spacial score (nSPS) is 12.7. The van der Waals surface area contributed by atoms with Crippen LogP contribution in [0, 0.1) is 11.6 Å². The van der Waals surface area contributed by atoms with Crippen molar-refractivity contribution < 1.29 is 8.78 Å². The SMILES string of the molecule is NC(Cn1cncn1)c1ccc(F)c(F)c1. The molecule has 2 N–H and O–H groups in total. The van der Waals surface area contributed by atoms with Crippen molar-refractivity contribution in [3.63, 3.8) is 0 Å². The summed E-state index contributed by atoms with van der Waals surface area (Å²) in [6, 6.07) is 3.17. The van der Waals surface area contributed by atoms with Crippen molar-refractivity contribution in [1.29, 1.82) is 0 Å². The van der Waals surface area contributed by atoms with E-state index in [9.17, 15) is 8.78 Å². The highest BCUT2D eigenvalue weighted by Gasteiger charge is 2.10. The number of hydrogen-bond donors (Lipinski definition) is 1. The molecule has 0 saturated heterocycles. The number of halogens is 2. The zero-order valence-electron chi connectivity index (χ0n) is 8.35. The zero-order chi connectivity index (χ0) is 11.5. The molecule has 6 heteroatoms. The molecule has 1 aromatic heterocycles. The molecule has 0 radical (unpaired) electrons. The summed E-state index contributed by atoms with van der Waals surface area (Å²) in [7, 11) is 0. The molecule has 84 valence electrons. The molecule has 0 fully saturated rings. The van der Waals surface area contributed by atoms with Gasteiger partial charge in [0, 0.05) is 6.04 Å². The smallest absolute Gasteiger partial charge is 0.159 e. The maximum atomic E-state index is 13.0. The minimum absolute atomic E-state index is 0.366. The molecule has 1 aromatic carbocycles. The van der Waals surface area contributed by atoms with Crippen LogP contribution in [0.25, 0.3) is 0 Å². The highest BCUT2D eigenvalue weighted by atomic mass is 19.2. The molecule has 4 nitrogen and oxygen atoms in total. The van der Waals surface area contributed by atoms with Crippen molar-refractivity contribution in [1.82, 2.24) is 14.8 Å². The second-order valence-corrected chi connectivity index (χ2v) is 3.40. The Kier molecular flexibility index (Phi) is 2.91. The van der Waals surface area contributed by atoms with Gasteiger partial charge in [-0.25, -0.2) is 13.8 Å². The second kappa shape index (κ2) is 4.36. The summed E-state index contributed by atoms with van der Waals surface area (Å²) in [5.41, 5.74) is 6.35. The van der Waals surface area contributed by atoms with E-state index in [2.05, 4.69) is 10.1 Å². The van der Waals surface area contributed by atoms with Crippen LogP contribution >= 0.6 is 0 Å². The lowest BCUT2D eigenvalue weighted by atomic mass is 10.1. The molecule has 2 aromatic rings. The summed E-state index contributed by atoms with van der Waals surface area (Å²) >= 11 is 0. The van der Waals surface area contributed by atoms with Gasteiger partial charge >= 0.3 is 0 Å². The topological polar surface area (TPSA) is 56.7 Å². The summed E-state index contributed by atoms with van der Waals surface area (Å²) in [4.78, 5) is 3.76. The third kappa shape index (κ3) is 2.22. The standard InChI is InChI=1S/C10H10F2N4/c11-8-2-1-7(3-9(8)12)10(13)4-16-6-14-5-15-16/h1-3,5-6,10H,4,13H2. The fourth-order valence-corrected chi connectivity index (χ4v) is 1.38. The molecule has 2 rings (SSSR count). The van der Waals surface area contributed by atoms with Gasteiger partial charge in [0.25, 0.3) is 0 Å². The molecule has 0 aliphatic carbocycles. The Morgan fingerprint density at radius 2 is 2.12 bits per heavy atom. The first kappa shape index (κ1) is 10.7. The number of hydrogen-bond acceptors (Lipinski definition) is 3. The van der Waals surface area contributed by atoms with Gasteiger partial charge in [-0.1, -0.05) is 6.07 Å². The number of benzene rings is 1. The molecule has 0 aliphatic heterocycles. The fourth-order valence-electron chi connectivity index (χ4n) is 1.38. The van der Waals surface area contributed by atoms with Crippen molar-refractivity contribution in [2.45, 2.75) is 12.6 Å². The van der Waals surface area contributed by atoms with Gasteiger partial charge < -0.3 is 5.73 Å². The highest BCUT2D eigenvalue weighted by Crippen LogP contribution is 2.15. The lowest BCUT2D eigenvalue weighted by Crippen LogP contribution is -2.18. The van der Waals surface area contributed by atoms with E-state index in [1.54, 1.807) is 0 Å². The van der Waals surface area contributed by atoms with Crippen LogP contribution in [-0.2, 0) is 6.54 Å². The molecular weight excluding hydrogens is 214 g/mol. The van der Waals surface area contributed by atoms with Crippen molar-refractivity contribution in [3.05, 3.63) is 48.1 Å². The predicted molar refractivity (Wildman–Crippen MR) is 53.3 cm³/mol. The second-order valence-electron chi connectivity index (χ2n) is 3.40. The Morgan fingerprint density at radius 1 is 1.31 bits per heavy atom. The fraction of sp³-hybridized carbons (Fsp3) is 0.200. The van der Waals surface area contributed by atoms with Crippen molar-refractivity contribution in [2.75, 3.05) is 0 Å². The van der Waals surface area contributed by atoms with E-state index in [-0.39, 0.29) is 0 Å². The minimum Gasteiger partial charge on any atom is -0.322 e. The summed E-state index contributed by atoms with van der Waals surface area (Å²) in [6.45, 7) is 0.366. The van der Waals surface area contributed by atoms with E-state index in [4.69, 9.17) is 5.73 Å². The summed E-state index contributed by atoms with van der Waals surface area (Å²) in [6.07, 6.45) is 2.90. The average Bonchev–Trinajstić information content (AvgIpc) is 2.74. The third-order valence-electron chi connectivity index (χ3n) is 2.22. The third-order valence-corrected chi connectivity index (χ3v) is 2.22. The van der Waals surface area contributed by atoms with Crippen molar-refractivity contribution in [2.24, 2.45) is 5.73 Å². The Labute approximate surface area is 90.7 Å². The molecule has 0 bridgehead atoms. The number of nitrogens with zero attached hydrogens (tertiary/aromatic N) is 3. The van der Waals surface area contributed by atoms with E-state index < -0.39 is 17.7 Å². The minimum atomic E-state index is -0.897. The van der Waals surface area contributed by atoms with Crippen LogP contribution < -0.4 is 5.73 Å². The van der Waals surface area contributed by atoms with Gasteiger partial charge in [-0.05, 0) is 17.7 Å². The van der Waals surface area contributed by atoms with E-state index >= 15 is 0 Å². The number of aromatic nitrogens is 3. The molecule has 16 heavy (non-hydrogen) atoms. The lowest BCUT2D eigenvalue weighted by molar-refractivity contribution is 0.495. The molecule has 1 atom stereocenters. The number of rotatable bonds is 3. The molecule has 1 unspecified atom stereocenters. The highest BCUT2D eigenvalue weighted by molar-refractivity contribution is 5.20. The molecular formula is C10H10F2N4. The van der Waals surface area contributed by atoms with E-state index in [0.717, 1.165) is 12.1 Å².